The number of amides is 2. The number of urea groups is 1. The van der Waals surface area contributed by atoms with Crippen LogP contribution in [0.4, 0.5) is 13.6 Å². The molecule has 1 aromatic rings. The fourth-order valence-electron chi connectivity index (χ4n) is 3.07. The van der Waals surface area contributed by atoms with Gasteiger partial charge in [0.1, 0.15) is 11.6 Å². The summed E-state index contributed by atoms with van der Waals surface area (Å²) >= 11 is 0. The Morgan fingerprint density at radius 1 is 1.22 bits per heavy atom. The topological polar surface area (TPSA) is 52.6 Å². The second-order valence-electron chi connectivity index (χ2n) is 6.23. The van der Waals surface area contributed by atoms with Gasteiger partial charge in [-0.25, -0.2) is 13.6 Å². The normalized spacial score (nSPS) is 21.0. The third-order valence-electron chi connectivity index (χ3n) is 4.55. The molecule has 0 bridgehead atoms. The number of rotatable bonds is 5. The third kappa shape index (κ3) is 5.16. The van der Waals surface area contributed by atoms with Crippen LogP contribution in [-0.2, 0) is 6.42 Å². The number of benzene rings is 1. The largest absolute Gasteiger partial charge is 0.396 e. The molecule has 128 valence electrons. The summed E-state index contributed by atoms with van der Waals surface area (Å²) in [6.07, 6.45) is 4.03. The number of halogens is 2. The Morgan fingerprint density at radius 3 is 2.39 bits per heavy atom. The zero-order chi connectivity index (χ0) is 16.8. The second kappa shape index (κ2) is 8.24. The highest BCUT2D eigenvalue weighted by molar-refractivity contribution is 5.74. The van der Waals surface area contributed by atoms with Gasteiger partial charge in [0.2, 0.25) is 0 Å². The molecule has 0 heterocycles. The van der Waals surface area contributed by atoms with Crippen molar-refractivity contribution >= 4 is 6.03 Å². The maximum Gasteiger partial charge on any atom is 0.317 e. The number of hydrogen-bond donors (Lipinski definition) is 2. The van der Waals surface area contributed by atoms with Gasteiger partial charge in [0.15, 0.2) is 0 Å². The molecule has 0 saturated heterocycles. The SMILES string of the molecule is CN(C(=O)NCCc1cc(F)cc(F)c1)C1CCC(CO)CC1. The van der Waals surface area contributed by atoms with Crippen molar-refractivity contribution in [3.8, 4) is 0 Å². The molecular weight excluding hydrogens is 302 g/mol. The van der Waals surface area contributed by atoms with Gasteiger partial charge in [-0.1, -0.05) is 0 Å². The molecule has 2 rings (SSSR count). The average molecular weight is 326 g/mol. The van der Waals surface area contributed by atoms with Crippen molar-refractivity contribution in [3.05, 3.63) is 35.4 Å². The second-order valence-corrected chi connectivity index (χ2v) is 6.23. The van der Waals surface area contributed by atoms with Crippen LogP contribution in [0.25, 0.3) is 0 Å². The Hall–Kier alpha value is -1.69. The summed E-state index contributed by atoms with van der Waals surface area (Å²) in [5.74, 6) is -0.862. The minimum atomic E-state index is -0.607. The Morgan fingerprint density at radius 2 is 1.83 bits per heavy atom. The molecule has 1 fully saturated rings. The monoisotopic (exact) mass is 326 g/mol. The zero-order valence-corrected chi connectivity index (χ0v) is 13.4. The number of hydrogen-bond acceptors (Lipinski definition) is 2. The molecule has 23 heavy (non-hydrogen) atoms. The van der Waals surface area contributed by atoms with Crippen LogP contribution in [0.15, 0.2) is 18.2 Å². The minimum absolute atomic E-state index is 0.172. The first kappa shape index (κ1) is 17.7. The number of aliphatic hydroxyl groups is 1. The molecule has 1 saturated carbocycles. The number of carbonyl (C=O) groups is 1. The summed E-state index contributed by atoms with van der Waals surface area (Å²) < 4.78 is 26.2. The lowest BCUT2D eigenvalue weighted by Gasteiger charge is -2.34. The van der Waals surface area contributed by atoms with E-state index in [9.17, 15) is 13.6 Å². The van der Waals surface area contributed by atoms with Crippen LogP contribution in [0.5, 0.6) is 0 Å². The molecule has 0 atom stereocenters. The van der Waals surface area contributed by atoms with Crippen molar-refractivity contribution in [2.45, 2.75) is 38.1 Å². The molecule has 6 heteroatoms. The van der Waals surface area contributed by atoms with Gasteiger partial charge in [0.25, 0.3) is 0 Å². The molecule has 0 aromatic heterocycles. The van der Waals surface area contributed by atoms with Gasteiger partial charge in [-0.05, 0) is 55.7 Å². The molecular formula is C17H24F2N2O2. The maximum atomic E-state index is 13.1. The van der Waals surface area contributed by atoms with Crippen LogP contribution in [0.1, 0.15) is 31.2 Å². The Bertz CT molecular complexity index is 511. The van der Waals surface area contributed by atoms with Gasteiger partial charge in [-0.3, -0.25) is 0 Å². The molecule has 1 aliphatic rings. The van der Waals surface area contributed by atoms with E-state index in [2.05, 4.69) is 5.32 Å². The molecule has 0 aliphatic heterocycles. The van der Waals surface area contributed by atoms with Crippen LogP contribution in [0, 0.1) is 17.6 Å². The summed E-state index contributed by atoms with van der Waals surface area (Å²) in [5, 5.41) is 11.9. The lowest BCUT2D eigenvalue weighted by Crippen LogP contribution is -2.45. The van der Waals surface area contributed by atoms with Crippen LogP contribution in [0.3, 0.4) is 0 Å². The van der Waals surface area contributed by atoms with E-state index in [1.165, 1.54) is 12.1 Å². The molecule has 0 spiro atoms. The first-order valence-electron chi connectivity index (χ1n) is 8.06. The lowest BCUT2D eigenvalue weighted by molar-refractivity contribution is 0.134. The van der Waals surface area contributed by atoms with E-state index in [-0.39, 0.29) is 18.7 Å². The van der Waals surface area contributed by atoms with Crippen LogP contribution in [0.2, 0.25) is 0 Å². The average Bonchev–Trinajstić information content (AvgIpc) is 2.53. The van der Waals surface area contributed by atoms with Gasteiger partial charge in [0, 0.05) is 32.3 Å². The molecule has 1 aliphatic carbocycles. The molecule has 0 unspecified atom stereocenters. The zero-order valence-electron chi connectivity index (χ0n) is 13.4. The van der Waals surface area contributed by atoms with Crippen molar-refractivity contribution in [1.29, 1.82) is 0 Å². The fourth-order valence-corrected chi connectivity index (χ4v) is 3.07. The number of aliphatic hydroxyl groups excluding tert-OH is 1. The fraction of sp³-hybridized carbons (Fsp3) is 0.588. The third-order valence-corrected chi connectivity index (χ3v) is 4.55. The van der Waals surface area contributed by atoms with E-state index in [0.29, 0.717) is 24.4 Å². The predicted molar refractivity (Wildman–Crippen MR) is 84.1 cm³/mol. The van der Waals surface area contributed by atoms with Gasteiger partial charge < -0.3 is 15.3 Å². The summed E-state index contributed by atoms with van der Waals surface area (Å²) in [4.78, 5) is 13.8. The summed E-state index contributed by atoms with van der Waals surface area (Å²) in [6.45, 7) is 0.547. The molecule has 2 N–H and O–H groups in total. The summed E-state index contributed by atoms with van der Waals surface area (Å²) in [5.41, 5.74) is 0.522. The highest BCUT2D eigenvalue weighted by Gasteiger charge is 2.25. The molecule has 2 amide bonds. The van der Waals surface area contributed by atoms with Crippen LogP contribution in [-0.4, -0.2) is 42.3 Å². The van der Waals surface area contributed by atoms with Crippen molar-refractivity contribution in [3.63, 3.8) is 0 Å². The van der Waals surface area contributed by atoms with E-state index in [1.54, 1.807) is 11.9 Å². The first-order chi connectivity index (χ1) is 11.0. The van der Waals surface area contributed by atoms with Crippen molar-refractivity contribution < 1.29 is 18.7 Å². The standard InChI is InChI=1S/C17H24F2N2O2/c1-21(16-4-2-12(11-22)3-5-16)17(23)20-7-6-13-8-14(18)10-15(19)9-13/h8-10,12,16,22H,2-7,11H2,1H3,(H,20,23). The van der Waals surface area contributed by atoms with E-state index >= 15 is 0 Å². The quantitative estimate of drug-likeness (QED) is 0.874. The van der Waals surface area contributed by atoms with Gasteiger partial charge in [-0.2, -0.15) is 0 Å². The van der Waals surface area contributed by atoms with E-state index < -0.39 is 11.6 Å². The van der Waals surface area contributed by atoms with Gasteiger partial charge in [-0.15, -0.1) is 0 Å². The maximum absolute atomic E-state index is 13.1. The Labute approximate surface area is 135 Å². The molecule has 0 radical (unpaired) electrons. The van der Waals surface area contributed by atoms with E-state index in [1.807, 2.05) is 0 Å². The number of nitrogens with zero attached hydrogens (tertiary/aromatic N) is 1. The van der Waals surface area contributed by atoms with Gasteiger partial charge >= 0.3 is 6.03 Å². The lowest BCUT2D eigenvalue weighted by atomic mass is 9.86. The van der Waals surface area contributed by atoms with Crippen LogP contribution < -0.4 is 5.32 Å². The first-order valence-corrected chi connectivity index (χ1v) is 8.06. The van der Waals surface area contributed by atoms with Crippen LogP contribution >= 0.6 is 0 Å². The van der Waals surface area contributed by atoms with Crippen molar-refractivity contribution in [2.75, 3.05) is 20.2 Å². The van der Waals surface area contributed by atoms with Crippen molar-refractivity contribution in [1.82, 2.24) is 10.2 Å². The summed E-state index contributed by atoms with van der Waals surface area (Å²) in [7, 11) is 1.77. The molecule has 4 nitrogen and oxygen atoms in total. The highest BCUT2D eigenvalue weighted by atomic mass is 19.1. The summed E-state index contributed by atoms with van der Waals surface area (Å²) in [6, 6.07) is 3.39. The van der Waals surface area contributed by atoms with E-state index in [0.717, 1.165) is 31.7 Å². The van der Waals surface area contributed by atoms with E-state index in [4.69, 9.17) is 5.11 Å². The Balaban J connectivity index is 1.76. The highest BCUT2D eigenvalue weighted by Crippen LogP contribution is 2.26. The van der Waals surface area contributed by atoms with Crippen molar-refractivity contribution in [2.24, 2.45) is 5.92 Å². The van der Waals surface area contributed by atoms with Gasteiger partial charge in [0.05, 0.1) is 0 Å². The number of carbonyl (C=O) groups excluding carboxylic acids is 1. The predicted octanol–water partition coefficient (Wildman–Crippen LogP) is 2.70. The Kier molecular flexibility index (Phi) is 6.33. The number of nitrogens with one attached hydrogen (secondary N) is 1. The molecule has 1 aromatic carbocycles. The smallest absolute Gasteiger partial charge is 0.317 e. The minimum Gasteiger partial charge on any atom is -0.396 e.